The third-order valence-corrected chi connectivity index (χ3v) is 3.55. The lowest BCUT2D eigenvalue weighted by molar-refractivity contribution is -0.145. The number of nitrogens with zero attached hydrogens (tertiary/aromatic N) is 1. The Hall–Kier alpha value is -3.79. The van der Waals surface area contributed by atoms with Gasteiger partial charge >= 0.3 is 5.97 Å². The van der Waals surface area contributed by atoms with E-state index in [9.17, 15) is 14.9 Å². The summed E-state index contributed by atoms with van der Waals surface area (Å²) in [4.78, 5) is 23.8. The summed E-state index contributed by atoms with van der Waals surface area (Å²) in [5.41, 5.74) is 1.05. The minimum Gasteiger partial charge on any atom is -0.493 e. The van der Waals surface area contributed by atoms with E-state index in [0.29, 0.717) is 22.7 Å². The SMILES string of the molecule is CCOC(=O)COc1cc(/C=C(/C#N)C(=O)Nc2ccccc2)ccc1OC. The first-order chi connectivity index (χ1) is 13.6. The van der Waals surface area contributed by atoms with Crippen molar-refractivity contribution in [2.75, 3.05) is 25.6 Å². The number of carbonyl (C=O) groups is 2. The number of nitriles is 1. The zero-order valence-corrected chi connectivity index (χ0v) is 15.6. The Labute approximate surface area is 163 Å². The number of rotatable bonds is 8. The highest BCUT2D eigenvalue weighted by molar-refractivity contribution is 6.09. The molecule has 0 radical (unpaired) electrons. The number of nitrogens with one attached hydrogen (secondary N) is 1. The van der Waals surface area contributed by atoms with Gasteiger partial charge in [0.25, 0.3) is 5.91 Å². The molecule has 0 heterocycles. The van der Waals surface area contributed by atoms with Crippen LogP contribution in [0.25, 0.3) is 6.08 Å². The monoisotopic (exact) mass is 380 g/mol. The van der Waals surface area contributed by atoms with E-state index >= 15 is 0 Å². The van der Waals surface area contributed by atoms with Crippen LogP contribution in [0.4, 0.5) is 5.69 Å². The quantitative estimate of drug-likeness (QED) is 0.429. The standard InChI is InChI=1S/C21H20N2O5/c1-3-27-20(24)14-28-19-12-15(9-10-18(19)26-2)11-16(13-22)21(25)23-17-7-5-4-6-8-17/h4-12H,3,14H2,1-2H3,(H,23,25)/b16-11-. The molecule has 2 aromatic rings. The number of para-hydroxylation sites is 1. The minimum absolute atomic E-state index is 0.0784. The molecule has 2 rings (SSSR count). The average Bonchev–Trinajstić information content (AvgIpc) is 2.71. The van der Waals surface area contributed by atoms with Crippen molar-refractivity contribution in [2.24, 2.45) is 0 Å². The van der Waals surface area contributed by atoms with Crippen LogP contribution in [0.15, 0.2) is 54.1 Å². The summed E-state index contributed by atoms with van der Waals surface area (Å²) in [5, 5.41) is 12.0. The van der Waals surface area contributed by atoms with Crippen LogP contribution in [-0.2, 0) is 14.3 Å². The Morgan fingerprint density at radius 1 is 1.14 bits per heavy atom. The van der Waals surface area contributed by atoms with Gasteiger partial charge in [-0.25, -0.2) is 4.79 Å². The molecule has 0 aromatic heterocycles. The predicted molar refractivity (Wildman–Crippen MR) is 104 cm³/mol. The first-order valence-corrected chi connectivity index (χ1v) is 8.52. The summed E-state index contributed by atoms with van der Waals surface area (Å²) in [6.45, 7) is 1.68. The Morgan fingerprint density at radius 3 is 2.54 bits per heavy atom. The minimum atomic E-state index is -0.529. The Balaban J connectivity index is 2.20. The number of carbonyl (C=O) groups excluding carboxylic acids is 2. The molecule has 144 valence electrons. The van der Waals surface area contributed by atoms with E-state index in [1.54, 1.807) is 49.4 Å². The second-order valence-electron chi connectivity index (χ2n) is 5.49. The van der Waals surface area contributed by atoms with Crippen molar-refractivity contribution in [3.05, 3.63) is 59.7 Å². The molecular formula is C21H20N2O5. The highest BCUT2D eigenvalue weighted by Gasteiger charge is 2.12. The van der Waals surface area contributed by atoms with Crippen LogP contribution in [0.1, 0.15) is 12.5 Å². The summed E-state index contributed by atoms with van der Waals surface area (Å²) in [6.07, 6.45) is 1.43. The van der Waals surface area contributed by atoms with Gasteiger partial charge in [0.2, 0.25) is 0 Å². The summed E-state index contributed by atoms with van der Waals surface area (Å²) >= 11 is 0. The molecule has 0 spiro atoms. The van der Waals surface area contributed by atoms with Crippen molar-refractivity contribution in [3.8, 4) is 17.6 Å². The van der Waals surface area contributed by atoms with Crippen molar-refractivity contribution in [1.82, 2.24) is 0 Å². The maximum Gasteiger partial charge on any atom is 0.344 e. The molecule has 0 aliphatic carbocycles. The first-order valence-electron chi connectivity index (χ1n) is 8.52. The van der Waals surface area contributed by atoms with Crippen LogP contribution >= 0.6 is 0 Å². The molecule has 0 saturated heterocycles. The zero-order chi connectivity index (χ0) is 20.4. The molecule has 1 N–H and O–H groups in total. The van der Waals surface area contributed by atoms with Gasteiger partial charge in [-0.2, -0.15) is 5.26 Å². The molecule has 0 fully saturated rings. The van der Waals surface area contributed by atoms with Gasteiger partial charge in [0, 0.05) is 5.69 Å². The third kappa shape index (κ3) is 5.88. The lowest BCUT2D eigenvalue weighted by atomic mass is 10.1. The predicted octanol–water partition coefficient (Wildman–Crippen LogP) is 3.18. The molecule has 0 saturated carbocycles. The number of ether oxygens (including phenoxy) is 3. The number of methoxy groups -OCH3 is 1. The second-order valence-corrected chi connectivity index (χ2v) is 5.49. The Kier molecular flexibility index (Phi) is 7.61. The van der Waals surface area contributed by atoms with Gasteiger partial charge < -0.3 is 19.5 Å². The maximum atomic E-state index is 12.3. The van der Waals surface area contributed by atoms with Gasteiger partial charge in [-0.15, -0.1) is 0 Å². The lowest BCUT2D eigenvalue weighted by Crippen LogP contribution is -2.15. The molecule has 0 unspecified atom stereocenters. The first kappa shape index (κ1) is 20.5. The molecule has 0 atom stereocenters. The maximum absolute atomic E-state index is 12.3. The molecule has 1 amide bonds. The van der Waals surface area contributed by atoms with Crippen molar-refractivity contribution in [1.29, 1.82) is 5.26 Å². The van der Waals surface area contributed by atoms with E-state index in [4.69, 9.17) is 14.2 Å². The lowest BCUT2D eigenvalue weighted by Gasteiger charge is -2.11. The van der Waals surface area contributed by atoms with Crippen LogP contribution in [0, 0.1) is 11.3 Å². The van der Waals surface area contributed by atoms with E-state index in [0.717, 1.165) is 0 Å². The number of anilines is 1. The third-order valence-electron chi connectivity index (χ3n) is 3.55. The van der Waals surface area contributed by atoms with Crippen molar-refractivity contribution in [3.63, 3.8) is 0 Å². The van der Waals surface area contributed by atoms with Crippen LogP contribution in [0.2, 0.25) is 0 Å². The number of hydrogen-bond acceptors (Lipinski definition) is 6. The normalized spacial score (nSPS) is 10.5. The summed E-state index contributed by atoms with van der Waals surface area (Å²) in [7, 11) is 1.47. The fraction of sp³-hybridized carbons (Fsp3) is 0.190. The number of esters is 1. The van der Waals surface area contributed by atoms with Gasteiger partial charge in [-0.1, -0.05) is 24.3 Å². The second kappa shape index (κ2) is 10.4. The molecule has 28 heavy (non-hydrogen) atoms. The van der Waals surface area contributed by atoms with E-state index in [1.807, 2.05) is 12.1 Å². The van der Waals surface area contributed by atoms with Crippen molar-refractivity contribution in [2.45, 2.75) is 6.92 Å². The zero-order valence-electron chi connectivity index (χ0n) is 15.6. The highest BCUT2D eigenvalue weighted by Crippen LogP contribution is 2.29. The largest absolute Gasteiger partial charge is 0.493 e. The molecule has 7 heteroatoms. The number of benzene rings is 2. The molecule has 0 aliphatic heterocycles. The Bertz CT molecular complexity index is 901. The van der Waals surface area contributed by atoms with Gasteiger partial charge in [-0.05, 0) is 42.8 Å². The van der Waals surface area contributed by atoms with Crippen LogP contribution in [0.5, 0.6) is 11.5 Å². The van der Waals surface area contributed by atoms with Gasteiger partial charge in [0.15, 0.2) is 18.1 Å². The van der Waals surface area contributed by atoms with E-state index in [1.165, 1.54) is 13.2 Å². The van der Waals surface area contributed by atoms with Crippen LogP contribution in [-0.4, -0.2) is 32.2 Å². The molecular weight excluding hydrogens is 360 g/mol. The van der Waals surface area contributed by atoms with Crippen LogP contribution < -0.4 is 14.8 Å². The topological polar surface area (TPSA) is 97.7 Å². The van der Waals surface area contributed by atoms with Gasteiger partial charge in [0.05, 0.1) is 13.7 Å². The average molecular weight is 380 g/mol. The summed E-state index contributed by atoms with van der Waals surface area (Å²) in [6, 6.07) is 15.6. The van der Waals surface area contributed by atoms with Crippen molar-refractivity contribution < 1.29 is 23.8 Å². The van der Waals surface area contributed by atoms with Gasteiger partial charge in [-0.3, -0.25) is 4.79 Å². The van der Waals surface area contributed by atoms with Gasteiger partial charge in [0.1, 0.15) is 11.6 Å². The van der Waals surface area contributed by atoms with Crippen LogP contribution in [0.3, 0.4) is 0 Å². The summed E-state index contributed by atoms with van der Waals surface area (Å²) in [5.74, 6) is -0.331. The smallest absolute Gasteiger partial charge is 0.344 e. The van der Waals surface area contributed by atoms with E-state index < -0.39 is 11.9 Å². The number of amides is 1. The van der Waals surface area contributed by atoms with E-state index in [-0.39, 0.29) is 18.8 Å². The molecule has 0 bridgehead atoms. The molecule has 7 nitrogen and oxygen atoms in total. The van der Waals surface area contributed by atoms with Crippen molar-refractivity contribution >= 4 is 23.6 Å². The summed E-state index contributed by atoms with van der Waals surface area (Å²) < 4.78 is 15.5. The fourth-order valence-corrected chi connectivity index (χ4v) is 2.27. The highest BCUT2D eigenvalue weighted by atomic mass is 16.6. The number of hydrogen-bond donors (Lipinski definition) is 1. The molecule has 0 aliphatic rings. The molecule has 2 aromatic carbocycles. The Morgan fingerprint density at radius 2 is 1.89 bits per heavy atom. The fourth-order valence-electron chi connectivity index (χ4n) is 2.27. The van der Waals surface area contributed by atoms with E-state index in [2.05, 4.69) is 5.32 Å².